The van der Waals surface area contributed by atoms with Crippen LogP contribution >= 0.6 is 23.4 Å². The predicted molar refractivity (Wildman–Crippen MR) is 80.8 cm³/mol. The maximum Gasteiger partial charge on any atom is 0.171 e. The highest BCUT2D eigenvalue weighted by Crippen LogP contribution is 2.30. The predicted octanol–water partition coefficient (Wildman–Crippen LogP) is 3.82. The summed E-state index contributed by atoms with van der Waals surface area (Å²) in [5.41, 5.74) is 8.65. The molecule has 0 fully saturated rings. The Hall–Kier alpha value is -2.16. The molecule has 1 heterocycles. The number of rotatable bonds is 2. The van der Waals surface area contributed by atoms with Crippen LogP contribution in [0.25, 0.3) is 11.0 Å². The van der Waals surface area contributed by atoms with E-state index in [1.54, 1.807) is 12.1 Å². The SMILES string of the molecule is N#Cc1ccc(Sc2nc3ccc(N)cc3[nH]2)cc1Cl. The Bertz CT molecular complexity index is 835. The second-order valence-electron chi connectivity index (χ2n) is 4.17. The first-order chi connectivity index (χ1) is 9.65. The van der Waals surface area contributed by atoms with Crippen molar-refractivity contribution in [1.82, 2.24) is 9.97 Å². The summed E-state index contributed by atoms with van der Waals surface area (Å²) in [6.07, 6.45) is 0. The number of fused-ring (bicyclic) bond motifs is 1. The highest BCUT2D eigenvalue weighted by atomic mass is 35.5. The number of nitrogen functional groups attached to an aromatic ring is 1. The first-order valence-electron chi connectivity index (χ1n) is 5.78. The molecule has 0 aliphatic rings. The molecule has 1 aromatic heterocycles. The lowest BCUT2D eigenvalue weighted by molar-refractivity contribution is 1.08. The summed E-state index contributed by atoms with van der Waals surface area (Å²) < 4.78 is 0. The summed E-state index contributed by atoms with van der Waals surface area (Å²) in [7, 11) is 0. The Balaban J connectivity index is 1.93. The normalized spacial score (nSPS) is 10.6. The van der Waals surface area contributed by atoms with Gasteiger partial charge >= 0.3 is 0 Å². The zero-order chi connectivity index (χ0) is 14.1. The molecule has 6 heteroatoms. The number of benzene rings is 2. The average molecular weight is 301 g/mol. The lowest BCUT2D eigenvalue weighted by Crippen LogP contribution is -1.82. The van der Waals surface area contributed by atoms with Gasteiger partial charge in [0.25, 0.3) is 0 Å². The van der Waals surface area contributed by atoms with Gasteiger partial charge < -0.3 is 10.7 Å². The van der Waals surface area contributed by atoms with Crippen LogP contribution in [0.15, 0.2) is 46.5 Å². The maximum atomic E-state index is 8.85. The Morgan fingerprint density at radius 2 is 2.10 bits per heavy atom. The van der Waals surface area contributed by atoms with E-state index in [4.69, 9.17) is 22.6 Å². The fraction of sp³-hybridized carbons (Fsp3) is 0. The van der Waals surface area contributed by atoms with Crippen LogP contribution < -0.4 is 5.73 Å². The number of aromatic nitrogens is 2. The molecular formula is C14H9ClN4S. The van der Waals surface area contributed by atoms with Crippen LogP contribution in [0.5, 0.6) is 0 Å². The van der Waals surface area contributed by atoms with E-state index < -0.39 is 0 Å². The van der Waals surface area contributed by atoms with Crippen LogP contribution in [0.3, 0.4) is 0 Å². The van der Waals surface area contributed by atoms with Gasteiger partial charge in [0.1, 0.15) is 6.07 Å². The van der Waals surface area contributed by atoms with Crippen LogP contribution in [0.1, 0.15) is 5.56 Å². The number of nitrogens with one attached hydrogen (secondary N) is 1. The molecule has 0 saturated carbocycles. The van der Waals surface area contributed by atoms with Gasteiger partial charge in [0.05, 0.1) is 21.6 Å². The fourth-order valence-electron chi connectivity index (χ4n) is 1.81. The van der Waals surface area contributed by atoms with Gasteiger partial charge in [-0.2, -0.15) is 5.26 Å². The number of nitriles is 1. The molecule has 2 aromatic carbocycles. The Labute approximate surface area is 124 Å². The van der Waals surface area contributed by atoms with E-state index in [1.165, 1.54) is 11.8 Å². The lowest BCUT2D eigenvalue weighted by atomic mass is 10.2. The molecule has 0 saturated heterocycles. The van der Waals surface area contributed by atoms with E-state index >= 15 is 0 Å². The number of nitrogens with zero attached hydrogens (tertiary/aromatic N) is 2. The zero-order valence-electron chi connectivity index (χ0n) is 10.2. The molecular weight excluding hydrogens is 292 g/mol. The van der Waals surface area contributed by atoms with Gasteiger partial charge in [-0.25, -0.2) is 4.98 Å². The highest BCUT2D eigenvalue weighted by molar-refractivity contribution is 7.99. The van der Waals surface area contributed by atoms with Gasteiger partial charge in [0, 0.05) is 10.6 Å². The van der Waals surface area contributed by atoms with Crippen LogP contribution in [0.2, 0.25) is 5.02 Å². The summed E-state index contributed by atoms with van der Waals surface area (Å²) in [6.45, 7) is 0. The molecule has 0 aliphatic carbocycles. The number of H-pyrrole nitrogens is 1. The van der Waals surface area contributed by atoms with Gasteiger partial charge in [0.15, 0.2) is 5.16 Å². The Morgan fingerprint density at radius 1 is 1.25 bits per heavy atom. The summed E-state index contributed by atoms with van der Waals surface area (Å²) in [5, 5.41) is 10.0. The second-order valence-corrected chi connectivity index (χ2v) is 5.64. The standard InChI is InChI=1S/C14H9ClN4S/c15-11-6-10(3-1-8(11)7-16)20-14-18-12-4-2-9(17)5-13(12)19-14/h1-6H,17H2,(H,18,19). The largest absolute Gasteiger partial charge is 0.399 e. The molecule has 98 valence electrons. The van der Waals surface area contributed by atoms with E-state index in [9.17, 15) is 0 Å². The third kappa shape index (κ3) is 2.44. The van der Waals surface area contributed by atoms with Crippen molar-refractivity contribution in [3.63, 3.8) is 0 Å². The molecule has 4 nitrogen and oxygen atoms in total. The molecule has 0 radical (unpaired) electrons. The molecule has 20 heavy (non-hydrogen) atoms. The summed E-state index contributed by atoms with van der Waals surface area (Å²) in [6, 6.07) is 12.9. The lowest BCUT2D eigenvalue weighted by Gasteiger charge is -1.99. The van der Waals surface area contributed by atoms with Crippen LogP contribution in [0.4, 0.5) is 5.69 Å². The van der Waals surface area contributed by atoms with E-state index in [1.807, 2.05) is 30.3 Å². The Morgan fingerprint density at radius 3 is 2.85 bits per heavy atom. The van der Waals surface area contributed by atoms with Crippen molar-refractivity contribution < 1.29 is 0 Å². The first-order valence-corrected chi connectivity index (χ1v) is 6.98. The third-order valence-electron chi connectivity index (χ3n) is 2.76. The molecule has 0 bridgehead atoms. The minimum atomic E-state index is 0.442. The van der Waals surface area contributed by atoms with Gasteiger partial charge in [-0.05, 0) is 36.4 Å². The van der Waals surface area contributed by atoms with Gasteiger partial charge in [-0.3, -0.25) is 0 Å². The van der Waals surface area contributed by atoms with Crippen LogP contribution in [-0.4, -0.2) is 9.97 Å². The number of imidazole rings is 1. The van der Waals surface area contributed by atoms with Crippen LogP contribution in [0, 0.1) is 11.3 Å². The highest BCUT2D eigenvalue weighted by Gasteiger charge is 2.07. The zero-order valence-corrected chi connectivity index (χ0v) is 11.8. The van der Waals surface area contributed by atoms with E-state index in [0.717, 1.165) is 21.1 Å². The smallest absolute Gasteiger partial charge is 0.171 e. The van der Waals surface area contributed by atoms with Gasteiger partial charge in [0.2, 0.25) is 0 Å². The van der Waals surface area contributed by atoms with Crippen molar-refractivity contribution in [2.75, 3.05) is 5.73 Å². The van der Waals surface area contributed by atoms with Crippen LogP contribution in [-0.2, 0) is 0 Å². The van der Waals surface area contributed by atoms with E-state index in [-0.39, 0.29) is 0 Å². The number of hydrogen-bond donors (Lipinski definition) is 2. The van der Waals surface area contributed by atoms with E-state index in [2.05, 4.69) is 9.97 Å². The topological polar surface area (TPSA) is 78.5 Å². The Kier molecular flexibility index (Phi) is 3.26. The summed E-state index contributed by atoms with van der Waals surface area (Å²) in [4.78, 5) is 8.58. The molecule has 3 N–H and O–H groups in total. The molecule has 3 aromatic rings. The molecule has 3 rings (SSSR count). The monoisotopic (exact) mass is 300 g/mol. The molecule has 0 atom stereocenters. The molecule has 0 aliphatic heterocycles. The quantitative estimate of drug-likeness (QED) is 0.705. The van der Waals surface area contributed by atoms with Crippen molar-refractivity contribution in [3.05, 3.63) is 47.0 Å². The maximum absolute atomic E-state index is 8.85. The number of halogens is 1. The van der Waals surface area contributed by atoms with Gasteiger partial charge in [-0.15, -0.1) is 0 Å². The summed E-state index contributed by atoms with van der Waals surface area (Å²) >= 11 is 7.46. The number of hydrogen-bond acceptors (Lipinski definition) is 4. The van der Waals surface area contributed by atoms with Crippen molar-refractivity contribution in [2.24, 2.45) is 0 Å². The van der Waals surface area contributed by atoms with Crippen molar-refractivity contribution in [2.45, 2.75) is 10.1 Å². The molecule has 0 unspecified atom stereocenters. The number of aromatic amines is 1. The number of nitrogens with two attached hydrogens (primary N) is 1. The van der Waals surface area contributed by atoms with E-state index in [0.29, 0.717) is 16.3 Å². The minimum absolute atomic E-state index is 0.442. The van der Waals surface area contributed by atoms with Gasteiger partial charge in [-0.1, -0.05) is 23.4 Å². The average Bonchev–Trinajstić information content (AvgIpc) is 2.80. The number of anilines is 1. The fourth-order valence-corrected chi connectivity index (χ4v) is 2.94. The first kappa shape index (κ1) is 12.9. The second kappa shape index (κ2) is 5.08. The third-order valence-corrected chi connectivity index (χ3v) is 3.95. The molecule has 0 amide bonds. The van der Waals surface area contributed by atoms with Crippen molar-refractivity contribution in [3.8, 4) is 6.07 Å². The summed E-state index contributed by atoms with van der Waals surface area (Å²) in [5.74, 6) is 0. The van der Waals surface area contributed by atoms with Crippen molar-refractivity contribution in [1.29, 1.82) is 5.26 Å². The molecule has 0 spiro atoms. The van der Waals surface area contributed by atoms with Crippen molar-refractivity contribution >= 4 is 40.1 Å². The minimum Gasteiger partial charge on any atom is -0.399 e.